The first-order chi connectivity index (χ1) is 48.1. The number of ether oxygens (including phenoxy) is 5. The number of nitrogens with two attached hydrogens (primary N) is 4. The second-order valence-corrected chi connectivity index (χ2v) is 34.6. The van der Waals surface area contributed by atoms with E-state index in [0.29, 0.717) is 89.1 Å². The molecule has 12 fully saturated rings. The highest BCUT2D eigenvalue weighted by molar-refractivity contribution is 7.88. The van der Waals surface area contributed by atoms with E-state index in [4.69, 9.17) is 46.6 Å². The number of rotatable bonds is 10. The summed E-state index contributed by atoms with van der Waals surface area (Å²) in [6, 6.07) is 12.8. The van der Waals surface area contributed by atoms with Gasteiger partial charge < -0.3 is 51.9 Å². The van der Waals surface area contributed by atoms with Crippen LogP contribution in [0.1, 0.15) is 85.2 Å². The fourth-order valence-corrected chi connectivity index (χ4v) is 20.0. The number of nitrogens with zero attached hydrogens (tertiary/aromatic N) is 6. The van der Waals surface area contributed by atoms with Crippen molar-refractivity contribution in [1.82, 2.24) is 33.5 Å². The summed E-state index contributed by atoms with van der Waals surface area (Å²) in [5.41, 5.74) is 25.8. The maximum atomic E-state index is 14.1. The van der Waals surface area contributed by atoms with Crippen molar-refractivity contribution >= 4 is 20.0 Å². The van der Waals surface area contributed by atoms with Crippen LogP contribution in [-0.2, 0) is 43.7 Å². The SMILES string of the molecule is CS(=O)(=O)N1CC2CN([C@H]3CO[C@H](c4cc(F)ccc4F)[C@@H](N)C3)CC2C1.CS(=O)(=O)N1CCC2(CCN([C@H]3CO[C@H](c4cc(F)ccc4F)[C@@H](N)C3)C2)C1.N[C@H]1C[C@@H](N2CC3CNCC3C2)CO[C@@H]1c1cc(F)ccc1F.N[C@H]1C[C@@H](N2CC3COCC3C2)CO[C@@H]1c1cc(F)ccc1F. The number of likely N-dealkylation sites (tertiary alicyclic amines) is 4. The third-order valence-corrected chi connectivity index (χ3v) is 26.2. The molecule has 16 rings (SSSR count). The Labute approximate surface area is 587 Å². The minimum absolute atomic E-state index is 0.00130. The molecule has 4 aromatic carbocycles. The van der Waals surface area contributed by atoms with Gasteiger partial charge in [0.1, 0.15) is 71.0 Å². The molecule has 0 aliphatic carbocycles. The smallest absolute Gasteiger partial charge is 0.211 e. The van der Waals surface area contributed by atoms with Crippen LogP contribution in [0.5, 0.6) is 0 Å². The van der Waals surface area contributed by atoms with Crippen LogP contribution in [0.3, 0.4) is 0 Å². The molecular weight excluding hydrogens is 1370 g/mol. The lowest BCUT2D eigenvalue weighted by molar-refractivity contribution is -0.0498. The van der Waals surface area contributed by atoms with Gasteiger partial charge in [-0.05, 0) is 160 Å². The van der Waals surface area contributed by atoms with Gasteiger partial charge in [-0.15, -0.1) is 0 Å². The first kappa shape index (κ1) is 74.8. The van der Waals surface area contributed by atoms with Crippen molar-refractivity contribution in [2.75, 3.05) is 144 Å². The van der Waals surface area contributed by atoms with E-state index in [1.165, 1.54) is 24.6 Å². The van der Waals surface area contributed by atoms with E-state index in [0.717, 1.165) is 177 Å². The summed E-state index contributed by atoms with van der Waals surface area (Å²) in [5.74, 6) is -0.526. The van der Waals surface area contributed by atoms with Crippen molar-refractivity contribution in [1.29, 1.82) is 0 Å². The number of benzene rings is 4. The fraction of sp³-hybridized carbons (Fsp3) is 0.662. The van der Waals surface area contributed by atoms with Crippen LogP contribution in [0, 0.1) is 87.5 Å². The second-order valence-electron chi connectivity index (χ2n) is 30.7. The summed E-state index contributed by atoms with van der Waals surface area (Å²) >= 11 is 0. The first-order valence-corrected chi connectivity index (χ1v) is 39.3. The minimum atomic E-state index is -3.16. The van der Waals surface area contributed by atoms with Crippen molar-refractivity contribution < 1.29 is 75.6 Å². The Balaban J connectivity index is 0.000000121. The summed E-state index contributed by atoms with van der Waals surface area (Å²) in [5, 5.41) is 3.44. The van der Waals surface area contributed by atoms with Crippen molar-refractivity contribution in [2.45, 2.75) is 111 Å². The molecule has 19 atom stereocenters. The third-order valence-electron chi connectivity index (χ3n) is 23.7. The largest absolute Gasteiger partial charge is 0.381 e. The van der Waals surface area contributed by atoms with Crippen molar-refractivity contribution in [2.24, 2.45) is 63.9 Å². The summed E-state index contributed by atoms with van der Waals surface area (Å²) in [6.45, 7) is 15.5. The van der Waals surface area contributed by atoms with Gasteiger partial charge in [0, 0.05) is 154 Å². The van der Waals surface area contributed by atoms with E-state index >= 15 is 0 Å². The Bertz CT molecular complexity index is 3660. The van der Waals surface area contributed by atoms with Gasteiger partial charge in [-0.3, -0.25) is 19.6 Å². The number of nitrogens with one attached hydrogen (secondary N) is 1. The lowest BCUT2D eigenvalue weighted by atomic mass is 9.86. The predicted molar refractivity (Wildman–Crippen MR) is 361 cm³/mol. The quantitative estimate of drug-likeness (QED) is 0.125. The summed E-state index contributed by atoms with van der Waals surface area (Å²) in [7, 11) is -6.30. The zero-order valence-corrected chi connectivity index (χ0v) is 58.8. The van der Waals surface area contributed by atoms with E-state index in [9.17, 15) is 52.0 Å². The van der Waals surface area contributed by atoms with Gasteiger partial charge in [-0.1, -0.05) is 0 Å². The number of hydrogen-bond acceptors (Lipinski definition) is 18. The first-order valence-electron chi connectivity index (χ1n) is 35.6. The van der Waals surface area contributed by atoms with E-state index in [-0.39, 0.29) is 63.9 Å². The Kier molecular flexibility index (Phi) is 23.1. The molecule has 20 nitrogen and oxygen atoms in total. The molecule has 0 aromatic heterocycles. The maximum absolute atomic E-state index is 14.1. The van der Waals surface area contributed by atoms with Gasteiger partial charge in [0.2, 0.25) is 20.0 Å². The Hall–Kier alpha value is -4.42. The lowest BCUT2D eigenvalue weighted by Gasteiger charge is -2.39. The minimum Gasteiger partial charge on any atom is -0.381 e. The van der Waals surface area contributed by atoms with Crippen LogP contribution in [0.2, 0.25) is 0 Å². The van der Waals surface area contributed by atoms with E-state index in [1.54, 1.807) is 8.61 Å². The van der Waals surface area contributed by atoms with Crippen LogP contribution in [0.4, 0.5) is 35.1 Å². The van der Waals surface area contributed by atoms with Crippen molar-refractivity contribution in [3.63, 3.8) is 0 Å². The molecular formula is C71H97F8N11O9S2. The molecule has 1 spiro atoms. The Morgan fingerprint density at radius 1 is 0.396 bits per heavy atom. The zero-order valence-electron chi connectivity index (χ0n) is 57.2. The zero-order chi connectivity index (χ0) is 71.4. The van der Waals surface area contributed by atoms with Crippen LogP contribution in [0.15, 0.2) is 72.8 Å². The Morgan fingerprint density at radius 2 is 0.713 bits per heavy atom. The highest BCUT2D eigenvalue weighted by Crippen LogP contribution is 2.44. The third kappa shape index (κ3) is 17.0. The molecule has 9 N–H and O–H groups in total. The maximum Gasteiger partial charge on any atom is 0.211 e. The lowest BCUT2D eigenvalue weighted by Crippen LogP contribution is -2.49. The second kappa shape index (κ2) is 31.2. The fourth-order valence-electron chi connectivity index (χ4n) is 18.2. The molecule has 30 heteroatoms. The average molecular weight is 1460 g/mol. The molecule has 7 unspecified atom stereocenters. The van der Waals surface area contributed by atoms with Gasteiger partial charge in [-0.25, -0.2) is 60.6 Å². The number of hydrogen-bond donors (Lipinski definition) is 5. The van der Waals surface area contributed by atoms with E-state index in [1.807, 2.05) is 0 Å². The summed E-state index contributed by atoms with van der Waals surface area (Å²) < 4.78 is 189. The molecule has 12 aliphatic heterocycles. The molecule has 12 aliphatic rings. The molecule has 0 radical (unpaired) electrons. The van der Waals surface area contributed by atoms with Gasteiger partial charge in [0.05, 0.1) is 52.2 Å². The number of fused-ring (bicyclic) bond motifs is 3. The standard InChI is InChI=1S/C19H27F2N3O3S.C18H25F2N3O3S.C17H23F2N3O.C17H22F2N2O2/c1-28(25,26)24-7-5-19(12-24)4-6-23(11-19)14-9-17(22)18(27-10-14)15-8-13(20)2-3-16(15)21;1-27(24,25)23-8-11-6-22(7-12(11)9-23)14-5-17(21)18(26-10-14)15-4-13(19)2-3-16(15)20;18-12-1-2-15(19)14(3-12)17-16(20)4-13(9-23-17)22-7-10-5-21-6-11(10)8-22;18-12-1-2-15(19)14(3-12)17-16(20)4-13(9-23-17)21-5-10-7-22-8-11(10)6-21/h2-3,8,14,17-18H,4-7,9-12,22H2,1H3;2-4,11-12,14,17-18H,5-10,21H2,1H3;1-3,10-11,13,16-17,21H,4-9,20H2;1-3,10-11,13,16-17H,4-9,20H2/t14-,17+,18-,19?;11?,12?,14-,17+,18-;2*10?,11?,13-,16+,17-/m1111/s1. The number of sulfonamides is 2. The van der Waals surface area contributed by atoms with Crippen LogP contribution >= 0.6 is 0 Å². The summed E-state index contributed by atoms with van der Waals surface area (Å²) in [4.78, 5) is 9.53. The molecule has 101 heavy (non-hydrogen) atoms. The van der Waals surface area contributed by atoms with E-state index < -0.39 is 103 Å². The van der Waals surface area contributed by atoms with Gasteiger partial charge in [0.15, 0.2) is 0 Å². The normalized spacial score (nSPS) is 36.5. The van der Waals surface area contributed by atoms with Gasteiger partial charge in [-0.2, -0.15) is 0 Å². The van der Waals surface area contributed by atoms with E-state index in [2.05, 4.69) is 24.9 Å². The van der Waals surface area contributed by atoms with Crippen molar-refractivity contribution in [3.8, 4) is 0 Å². The van der Waals surface area contributed by atoms with Crippen molar-refractivity contribution in [3.05, 3.63) is 142 Å². The molecule has 0 saturated carbocycles. The Morgan fingerprint density at radius 3 is 1.04 bits per heavy atom. The monoisotopic (exact) mass is 1460 g/mol. The van der Waals surface area contributed by atoms with Crippen LogP contribution < -0.4 is 28.3 Å². The van der Waals surface area contributed by atoms with Gasteiger partial charge in [0.25, 0.3) is 0 Å². The van der Waals surface area contributed by atoms with Crippen LogP contribution in [-0.4, -0.2) is 237 Å². The highest BCUT2D eigenvalue weighted by atomic mass is 32.2. The molecule has 12 heterocycles. The molecule has 12 saturated heterocycles. The molecule has 4 aromatic rings. The highest BCUT2D eigenvalue weighted by Gasteiger charge is 2.50. The molecule has 0 bridgehead atoms. The summed E-state index contributed by atoms with van der Waals surface area (Å²) in [6.07, 6.45) is 4.65. The number of halogens is 8. The average Bonchev–Trinajstić information content (AvgIpc) is 1.65. The topological polar surface area (TPSA) is 250 Å². The molecule has 558 valence electrons. The van der Waals surface area contributed by atoms with Gasteiger partial charge >= 0.3 is 0 Å². The van der Waals surface area contributed by atoms with Crippen LogP contribution in [0.25, 0.3) is 0 Å². The predicted octanol–water partition coefficient (Wildman–Crippen LogP) is 5.40. The molecule has 0 amide bonds.